The van der Waals surface area contributed by atoms with Crippen LogP contribution in [-0.4, -0.2) is 12.5 Å². The molecule has 0 saturated carbocycles. The van der Waals surface area contributed by atoms with Gasteiger partial charge in [0.2, 0.25) is 0 Å². The summed E-state index contributed by atoms with van der Waals surface area (Å²) in [6.07, 6.45) is 0. The summed E-state index contributed by atoms with van der Waals surface area (Å²) < 4.78 is 5.67. The van der Waals surface area contributed by atoms with Crippen molar-refractivity contribution >= 4 is 5.91 Å². The van der Waals surface area contributed by atoms with Crippen LogP contribution >= 0.6 is 0 Å². The van der Waals surface area contributed by atoms with Crippen LogP contribution < -0.4 is 10.2 Å². The molecular weight excluding hydrogens is 254 g/mol. The monoisotopic (exact) mass is 271 g/mol. The maximum Gasteiger partial charge on any atom is 0.274 e. The van der Waals surface area contributed by atoms with E-state index in [1.54, 1.807) is 25.1 Å². The molecule has 0 radical (unpaired) electrons. The molecular formula is C16H17NO3. The predicted octanol–water partition coefficient (Wildman–Crippen LogP) is 2.95. The number of hydrogen-bond acceptors (Lipinski definition) is 3. The van der Waals surface area contributed by atoms with Gasteiger partial charge in [-0.15, -0.1) is 0 Å². The van der Waals surface area contributed by atoms with Crippen LogP contribution in [0.3, 0.4) is 0 Å². The fourth-order valence-electron chi connectivity index (χ4n) is 1.66. The zero-order chi connectivity index (χ0) is 14.2. The van der Waals surface area contributed by atoms with E-state index in [4.69, 9.17) is 9.57 Å². The molecule has 20 heavy (non-hydrogen) atoms. The molecule has 4 nitrogen and oxygen atoms in total. The molecule has 0 bridgehead atoms. The molecule has 4 heteroatoms. The Bertz CT molecular complexity index is 555. The summed E-state index contributed by atoms with van der Waals surface area (Å²) in [6.45, 7) is 2.70. The zero-order valence-electron chi connectivity index (χ0n) is 11.3. The van der Waals surface area contributed by atoms with Gasteiger partial charge in [-0.25, -0.2) is 5.48 Å². The number of hydroxylamine groups is 1. The quantitative estimate of drug-likeness (QED) is 0.822. The third kappa shape index (κ3) is 4.10. The van der Waals surface area contributed by atoms with E-state index in [2.05, 4.69) is 5.48 Å². The van der Waals surface area contributed by atoms with Crippen molar-refractivity contribution in [2.75, 3.05) is 6.61 Å². The van der Waals surface area contributed by atoms with Crippen molar-refractivity contribution in [1.82, 2.24) is 5.48 Å². The molecule has 2 aromatic carbocycles. The molecule has 0 fully saturated rings. The highest BCUT2D eigenvalue weighted by atomic mass is 16.6. The van der Waals surface area contributed by atoms with E-state index in [1.807, 2.05) is 36.4 Å². The maximum atomic E-state index is 11.7. The third-order valence-corrected chi connectivity index (χ3v) is 2.65. The molecule has 0 saturated heterocycles. The molecule has 0 aromatic heterocycles. The van der Waals surface area contributed by atoms with Gasteiger partial charge in [-0.1, -0.05) is 36.4 Å². The molecule has 2 aromatic rings. The molecule has 0 spiro atoms. The van der Waals surface area contributed by atoms with E-state index < -0.39 is 0 Å². The first-order valence-corrected chi connectivity index (χ1v) is 6.48. The van der Waals surface area contributed by atoms with Crippen molar-refractivity contribution in [1.29, 1.82) is 0 Å². The highest BCUT2D eigenvalue weighted by Gasteiger charge is 2.06. The summed E-state index contributed by atoms with van der Waals surface area (Å²) in [6, 6.07) is 16.9. The van der Waals surface area contributed by atoms with Gasteiger partial charge in [0.25, 0.3) is 5.91 Å². The number of carbonyl (C=O) groups excluding carboxylic acids is 1. The topological polar surface area (TPSA) is 47.6 Å². The Morgan fingerprint density at radius 3 is 2.65 bits per heavy atom. The summed E-state index contributed by atoms with van der Waals surface area (Å²) >= 11 is 0. The summed E-state index contributed by atoms with van der Waals surface area (Å²) in [5.41, 5.74) is 3.94. The first-order chi connectivity index (χ1) is 9.79. The largest absolute Gasteiger partial charge is 0.489 e. The minimum absolute atomic E-state index is 0.281. The van der Waals surface area contributed by atoms with Crippen LogP contribution in [0.4, 0.5) is 0 Å². The summed E-state index contributed by atoms with van der Waals surface area (Å²) in [7, 11) is 0. The minimum atomic E-state index is -0.281. The molecule has 2 rings (SSSR count). The van der Waals surface area contributed by atoms with E-state index in [9.17, 15) is 4.79 Å². The number of ether oxygens (including phenoxy) is 1. The molecule has 1 amide bonds. The highest BCUT2D eigenvalue weighted by molar-refractivity contribution is 5.93. The molecule has 104 valence electrons. The SMILES string of the molecule is CCONC(=O)c1cccc(OCc2ccccc2)c1. The van der Waals surface area contributed by atoms with Crippen LogP contribution in [-0.2, 0) is 11.4 Å². The van der Waals surface area contributed by atoms with Crippen LogP contribution in [0, 0.1) is 0 Å². The summed E-state index contributed by atoms with van der Waals surface area (Å²) in [4.78, 5) is 16.6. The number of carbonyl (C=O) groups is 1. The lowest BCUT2D eigenvalue weighted by atomic mass is 10.2. The van der Waals surface area contributed by atoms with Crippen LogP contribution in [0.1, 0.15) is 22.8 Å². The van der Waals surface area contributed by atoms with Crippen LogP contribution in [0.5, 0.6) is 5.75 Å². The Morgan fingerprint density at radius 1 is 1.10 bits per heavy atom. The Kier molecular flexibility index (Phi) is 5.15. The maximum absolute atomic E-state index is 11.7. The molecule has 0 unspecified atom stereocenters. The smallest absolute Gasteiger partial charge is 0.274 e. The van der Waals surface area contributed by atoms with Crippen LogP contribution in [0.25, 0.3) is 0 Å². The predicted molar refractivity (Wildman–Crippen MR) is 76.3 cm³/mol. The van der Waals surface area contributed by atoms with E-state index >= 15 is 0 Å². The molecule has 1 N–H and O–H groups in total. The first-order valence-electron chi connectivity index (χ1n) is 6.48. The Hall–Kier alpha value is -2.33. The van der Waals surface area contributed by atoms with E-state index in [-0.39, 0.29) is 5.91 Å². The molecule has 0 aliphatic rings. The lowest BCUT2D eigenvalue weighted by molar-refractivity contribution is 0.0364. The molecule has 0 aliphatic carbocycles. The second-order valence-corrected chi connectivity index (χ2v) is 4.17. The van der Waals surface area contributed by atoms with Crippen molar-refractivity contribution in [3.05, 3.63) is 65.7 Å². The van der Waals surface area contributed by atoms with E-state index in [1.165, 1.54) is 0 Å². The van der Waals surface area contributed by atoms with Gasteiger partial charge in [0.1, 0.15) is 12.4 Å². The highest BCUT2D eigenvalue weighted by Crippen LogP contribution is 2.15. The fraction of sp³-hybridized carbons (Fsp3) is 0.188. The van der Waals surface area contributed by atoms with Crippen molar-refractivity contribution in [3.8, 4) is 5.75 Å². The van der Waals surface area contributed by atoms with Gasteiger partial charge in [-0.2, -0.15) is 0 Å². The Labute approximate surface area is 118 Å². The summed E-state index contributed by atoms with van der Waals surface area (Å²) in [5, 5.41) is 0. The Morgan fingerprint density at radius 2 is 1.90 bits per heavy atom. The fourth-order valence-corrected chi connectivity index (χ4v) is 1.66. The van der Waals surface area contributed by atoms with Gasteiger partial charge in [0.05, 0.1) is 6.61 Å². The van der Waals surface area contributed by atoms with Crippen LogP contribution in [0.15, 0.2) is 54.6 Å². The lowest BCUT2D eigenvalue weighted by Gasteiger charge is -2.08. The van der Waals surface area contributed by atoms with E-state index in [0.717, 1.165) is 5.56 Å². The molecule has 0 atom stereocenters. The minimum Gasteiger partial charge on any atom is -0.489 e. The van der Waals surface area contributed by atoms with Crippen molar-refractivity contribution < 1.29 is 14.4 Å². The lowest BCUT2D eigenvalue weighted by Crippen LogP contribution is -2.23. The van der Waals surface area contributed by atoms with Gasteiger partial charge in [0, 0.05) is 5.56 Å². The molecule has 0 heterocycles. The van der Waals surface area contributed by atoms with Crippen molar-refractivity contribution in [2.45, 2.75) is 13.5 Å². The van der Waals surface area contributed by atoms with Gasteiger partial charge in [-0.05, 0) is 30.7 Å². The number of nitrogens with one attached hydrogen (secondary N) is 1. The van der Waals surface area contributed by atoms with Gasteiger partial charge >= 0.3 is 0 Å². The Balaban J connectivity index is 1.97. The number of rotatable bonds is 6. The van der Waals surface area contributed by atoms with Crippen molar-refractivity contribution in [3.63, 3.8) is 0 Å². The van der Waals surface area contributed by atoms with Gasteiger partial charge in [-0.3, -0.25) is 9.63 Å². The average Bonchev–Trinajstić information content (AvgIpc) is 2.52. The molecule has 0 aliphatic heterocycles. The second kappa shape index (κ2) is 7.31. The number of benzene rings is 2. The average molecular weight is 271 g/mol. The second-order valence-electron chi connectivity index (χ2n) is 4.17. The third-order valence-electron chi connectivity index (χ3n) is 2.65. The van der Waals surface area contributed by atoms with Crippen LogP contribution in [0.2, 0.25) is 0 Å². The zero-order valence-corrected chi connectivity index (χ0v) is 11.3. The normalized spacial score (nSPS) is 10.1. The standard InChI is InChI=1S/C16H17NO3/c1-2-20-17-16(18)14-9-6-10-15(11-14)19-12-13-7-4-3-5-8-13/h3-11H,2,12H2,1H3,(H,17,18). The van der Waals surface area contributed by atoms with Gasteiger partial charge < -0.3 is 4.74 Å². The summed E-state index contributed by atoms with van der Waals surface area (Å²) in [5.74, 6) is 0.370. The van der Waals surface area contributed by atoms with Crippen molar-refractivity contribution in [2.24, 2.45) is 0 Å². The number of hydrogen-bond donors (Lipinski definition) is 1. The van der Waals surface area contributed by atoms with E-state index in [0.29, 0.717) is 24.5 Å². The van der Waals surface area contributed by atoms with Gasteiger partial charge in [0.15, 0.2) is 0 Å². The first kappa shape index (κ1) is 14.1. The number of amides is 1.